The fourth-order valence-electron chi connectivity index (χ4n) is 0.583. The van der Waals surface area contributed by atoms with E-state index in [2.05, 4.69) is 17.2 Å². The molecule has 0 amide bonds. The summed E-state index contributed by atoms with van der Waals surface area (Å²) < 4.78 is 4.85. The number of thiocarbonyl (C=S) groups is 1. The van der Waals surface area contributed by atoms with Gasteiger partial charge in [-0.05, 0) is 19.1 Å². The Bertz CT molecular complexity index is 150. The second kappa shape index (κ2) is 7.06. The van der Waals surface area contributed by atoms with Gasteiger partial charge in [0.15, 0.2) is 5.11 Å². The SMILES string of the molecule is C=CC(C)NC(=S)NCCOC. The van der Waals surface area contributed by atoms with Crippen molar-refractivity contribution in [3.63, 3.8) is 0 Å². The summed E-state index contributed by atoms with van der Waals surface area (Å²) in [6.45, 7) is 7.00. The lowest BCUT2D eigenvalue weighted by Gasteiger charge is -2.12. The van der Waals surface area contributed by atoms with Crippen LogP contribution in [0.1, 0.15) is 6.92 Å². The van der Waals surface area contributed by atoms with Crippen LogP contribution in [0.3, 0.4) is 0 Å². The van der Waals surface area contributed by atoms with E-state index >= 15 is 0 Å². The van der Waals surface area contributed by atoms with Gasteiger partial charge >= 0.3 is 0 Å². The predicted molar refractivity (Wildman–Crippen MR) is 55.3 cm³/mol. The van der Waals surface area contributed by atoms with E-state index in [4.69, 9.17) is 17.0 Å². The fourth-order valence-corrected chi connectivity index (χ4v) is 0.871. The average molecular weight is 188 g/mol. The predicted octanol–water partition coefficient (Wildman–Crippen LogP) is 0.671. The van der Waals surface area contributed by atoms with Crippen molar-refractivity contribution in [2.75, 3.05) is 20.3 Å². The van der Waals surface area contributed by atoms with Gasteiger partial charge in [0.2, 0.25) is 0 Å². The standard InChI is InChI=1S/C8H16N2OS/c1-4-7(2)10-8(12)9-5-6-11-3/h4,7H,1,5-6H2,2-3H3,(H2,9,10,12). The molecule has 0 aromatic rings. The Morgan fingerprint density at radius 2 is 2.42 bits per heavy atom. The second-order valence-electron chi connectivity index (χ2n) is 2.42. The van der Waals surface area contributed by atoms with Gasteiger partial charge in [-0.2, -0.15) is 0 Å². The van der Waals surface area contributed by atoms with E-state index in [0.717, 1.165) is 6.54 Å². The molecule has 4 heteroatoms. The lowest BCUT2D eigenvalue weighted by atomic mass is 10.3. The molecule has 1 unspecified atom stereocenters. The van der Waals surface area contributed by atoms with Crippen LogP contribution in [0.25, 0.3) is 0 Å². The van der Waals surface area contributed by atoms with Gasteiger partial charge in [0.05, 0.1) is 6.61 Å². The minimum absolute atomic E-state index is 0.201. The van der Waals surface area contributed by atoms with Crippen molar-refractivity contribution in [1.29, 1.82) is 0 Å². The van der Waals surface area contributed by atoms with Gasteiger partial charge in [-0.3, -0.25) is 0 Å². The Labute approximate surface area is 79.2 Å². The molecule has 3 nitrogen and oxygen atoms in total. The molecule has 0 aromatic carbocycles. The van der Waals surface area contributed by atoms with Crippen LogP contribution in [-0.4, -0.2) is 31.4 Å². The lowest BCUT2D eigenvalue weighted by molar-refractivity contribution is 0.204. The molecule has 0 saturated carbocycles. The number of nitrogens with one attached hydrogen (secondary N) is 2. The maximum Gasteiger partial charge on any atom is 0.166 e. The van der Waals surface area contributed by atoms with Crippen LogP contribution in [0.15, 0.2) is 12.7 Å². The summed E-state index contributed by atoms with van der Waals surface area (Å²) in [5.74, 6) is 0. The first kappa shape index (κ1) is 11.4. The first-order valence-corrected chi connectivity index (χ1v) is 4.27. The Hall–Kier alpha value is -0.610. The number of hydrogen-bond acceptors (Lipinski definition) is 2. The molecule has 0 aliphatic carbocycles. The molecule has 2 N–H and O–H groups in total. The monoisotopic (exact) mass is 188 g/mol. The molecule has 0 bridgehead atoms. The first-order valence-electron chi connectivity index (χ1n) is 3.86. The number of rotatable bonds is 5. The Balaban J connectivity index is 3.39. The quantitative estimate of drug-likeness (QED) is 0.377. The third-order valence-electron chi connectivity index (χ3n) is 1.30. The van der Waals surface area contributed by atoms with E-state index < -0.39 is 0 Å². The van der Waals surface area contributed by atoms with Crippen LogP contribution in [-0.2, 0) is 4.74 Å². The second-order valence-corrected chi connectivity index (χ2v) is 2.83. The Morgan fingerprint density at radius 1 is 1.75 bits per heavy atom. The summed E-state index contributed by atoms with van der Waals surface area (Å²) >= 11 is 4.98. The van der Waals surface area contributed by atoms with Crippen molar-refractivity contribution in [2.24, 2.45) is 0 Å². The minimum atomic E-state index is 0.201. The summed E-state index contributed by atoms with van der Waals surface area (Å²) in [5, 5.41) is 6.67. The van der Waals surface area contributed by atoms with Gasteiger partial charge in [0.25, 0.3) is 0 Å². The van der Waals surface area contributed by atoms with Crippen molar-refractivity contribution in [3.05, 3.63) is 12.7 Å². The van der Waals surface area contributed by atoms with Crippen LogP contribution in [0.4, 0.5) is 0 Å². The molecular formula is C8H16N2OS. The molecule has 0 aromatic heterocycles. The highest BCUT2D eigenvalue weighted by Crippen LogP contribution is 1.80. The molecule has 0 spiro atoms. The normalized spacial score (nSPS) is 11.8. The van der Waals surface area contributed by atoms with Gasteiger partial charge in [0.1, 0.15) is 0 Å². The topological polar surface area (TPSA) is 33.3 Å². The van der Waals surface area contributed by atoms with Crippen molar-refractivity contribution >= 4 is 17.3 Å². The highest BCUT2D eigenvalue weighted by molar-refractivity contribution is 7.80. The van der Waals surface area contributed by atoms with Gasteiger partial charge in [-0.1, -0.05) is 6.08 Å². The molecular weight excluding hydrogens is 172 g/mol. The summed E-state index contributed by atoms with van der Waals surface area (Å²) in [6.07, 6.45) is 1.80. The summed E-state index contributed by atoms with van der Waals surface area (Å²) in [6, 6.07) is 0.201. The zero-order chi connectivity index (χ0) is 9.40. The van der Waals surface area contributed by atoms with E-state index in [1.165, 1.54) is 0 Å². The zero-order valence-corrected chi connectivity index (χ0v) is 8.41. The van der Waals surface area contributed by atoms with Gasteiger partial charge in [-0.15, -0.1) is 6.58 Å². The molecule has 70 valence electrons. The van der Waals surface area contributed by atoms with Crippen molar-refractivity contribution in [1.82, 2.24) is 10.6 Å². The largest absolute Gasteiger partial charge is 0.383 e. The minimum Gasteiger partial charge on any atom is -0.383 e. The van der Waals surface area contributed by atoms with E-state index in [1.54, 1.807) is 13.2 Å². The van der Waals surface area contributed by atoms with Crippen LogP contribution in [0.2, 0.25) is 0 Å². The van der Waals surface area contributed by atoms with Crippen LogP contribution < -0.4 is 10.6 Å². The van der Waals surface area contributed by atoms with E-state index in [-0.39, 0.29) is 6.04 Å². The third-order valence-corrected chi connectivity index (χ3v) is 1.57. The lowest BCUT2D eigenvalue weighted by Crippen LogP contribution is -2.40. The van der Waals surface area contributed by atoms with Gasteiger partial charge < -0.3 is 15.4 Å². The fraction of sp³-hybridized carbons (Fsp3) is 0.625. The third kappa shape index (κ3) is 6.12. The Morgan fingerprint density at radius 3 is 2.92 bits per heavy atom. The summed E-state index contributed by atoms with van der Waals surface area (Å²) in [5.41, 5.74) is 0. The molecule has 0 fully saturated rings. The number of ether oxygens (including phenoxy) is 1. The van der Waals surface area contributed by atoms with Gasteiger partial charge in [0, 0.05) is 19.7 Å². The summed E-state index contributed by atoms with van der Waals surface area (Å²) in [4.78, 5) is 0. The van der Waals surface area contributed by atoms with Gasteiger partial charge in [-0.25, -0.2) is 0 Å². The Kier molecular flexibility index (Phi) is 6.70. The van der Waals surface area contributed by atoms with Crippen molar-refractivity contribution < 1.29 is 4.74 Å². The van der Waals surface area contributed by atoms with Crippen molar-refractivity contribution in [3.8, 4) is 0 Å². The van der Waals surface area contributed by atoms with E-state index in [1.807, 2.05) is 6.92 Å². The van der Waals surface area contributed by atoms with Crippen LogP contribution in [0.5, 0.6) is 0 Å². The average Bonchev–Trinajstić information content (AvgIpc) is 2.05. The smallest absolute Gasteiger partial charge is 0.166 e. The molecule has 0 radical (unpaired) electrons. The van der Waals surface area contributed by atoms with Crippen LogP contribution >= 0.6 is 12.2 Å². The summed E-state index contributed by atoms with van der Waals surface area (Å²) in [7, 11) is 1.66. The highest BCUT2D eigenvalue weighted by atomic mass is 32.1. The van der Waals surface area contributed by atoms with E-state index in [9.17, 15) is 0 Å². The molecule has 0 aliphatic heterocycles. The molecule has 12 heavy (non-hydrogen) atoms. The van der Waals surface area contributed by atoms with Crippen molar-refractivity contribution in [2.45, 2.75) is 13.0 Å². The maximum absolute atomic E-state index is 4.98. The first-order chi connectivity index (χ1) is 5.70. The molecule has 0 heterocycles. The zero-order valence-electron chi connectivity index (χ0n) is 7.59. The highest BCUT2D eigenvalue weighted by Gasteiger charge is 1.97. The molecule has 0 aliphatic rings. The maximum atomic E-state index is 4.98. The molecule has 1 atom stereocenters. The number of methoxy groups -OCH3 is 1. The molecule has 0 rings (SSSR count). The van der Waals surface area contributed by atoms with E-state index in [0.29, 0.717) is 11.7 Å². The molecule has 0 saturated heterocycles. The number of hydrogen-bond donors (Lipinski definition) is 2. The van der Waals surface area contributed by atoms with Crippen LogP contribution in [0, 0.1) is 0 Å².